The Hall–Kier alpha value is -1.30. The molecule has 0 N–H and O–H groups in total. The molecule has 0 aliphatic heterocycles. The Morgan fingerprint density at radius 3 is 2.56 bits per heavy atom. The molecule has 0 saturated heterocycles. The SMILES string of the molecule is CCCCc1cc(C)c2ccc(C)cc2c1. The summed E-state index contributed by atoms with van der Waals surface area (Å²) in [6.45, 7) is 6.62. The molecule has 0 heterocycles. The van der Waals surface area contributed by atoms with Crippen molar-refractivity contribution in [2.75, 3.05) is 0 Å². The highest BCUT2D eigenvalue weighted by atomic mass is 14.1. The maximum absolute atomic E-state index is 2.35. The van der Waals surface area contributed by atoms with E-state index in [1.54, 1.807) is 0 Å². The van der Waals surface area contributed by atoms with Crippen molar-refractivity contribution in [1.29, 1.82) is 0 Å². The normalized spacial score (nSPS) is 10.9. The summed E-state index contributed by atoms with van der Waals surface area (Å²) >= 11 is 0. The highest BCUT2D eigenvalue weighted by Gasteiger charge is 2.01. The minimum Gasteiger partial charge on any atom is -0.0654 e. The summed E-state index contributed by atoms with van der Waals surface area (Å²) in [5.74, 6) is 0. The molecule has 0 saturated carbocycles. The van der Waals surface area contributed by atoms with Crippen molar-refractivity contribution in [2.45, 2.75) is 40.0 Å². The standard InChI is InChI=1S/C16H20/c1-4-5-6-14-10-13(3)16-8-7-12(2)9-15(16)11-14/h7-11H,4-6H2,1-3H3. The van der Waals surface area contributed by atoms with E-state index < -0.39 is 0 Å². The molecular formula is C16H20. The fraction of sp³-hybridized carbons (Fsp3) is 0.375. The van der Waals surface area contributed by atoms with Crippen molar-refractivity contribution in [3.8, 4) is 0 Å². The topological polar surface area (TPSA) is 0 Å². The Bertz CT molecular complexity index is 495. The van der Waals surface area contributed by atoms with E-state index in [2.05, 4.69) is 51.1 Å². The molecule has 0 spiro atoms. The molecule has 2 aromatic carbocycles. The van der Waals surface area contributed by atoms with E-state index in [9.17, 15) is 0 Å². The van der Waals surface area contributed by atoms with Gasteiger partial charge in [0.2, 0.25) is 0 Å². The van der Waals surface area contributed by atoms with Crippen molar-refractivity contribution in [3.05, 3.63) is 47.0 Å². The minimum atomic E-state index is 1.21. The number of aryl methyl sites for hydroxylation is 3. The summed E-state index contributed by atoms with van der Waals surface area (Å²) in [5.41, 5.74) is 4.24. The summed E-state index contributed by atoms with van der Waals surface area (Å²) < 4.78 is 0. The molecule has 0 nitrogen and oxygen atoms in total. The van der Waals surface area contributed by atoms with E-state index in [1.807, 2.05) is 0 Å². The number of hydrogen-bond acceptors (Lipinski definition) is 0. The van der Waals surface area contributed by atoms with Gasteiger partial charge in [0.15, 0.2) is 0 Å². The molecule has 0 bridgehead atoms. The van der Waals surface area contributed by atoms with E-state index in [0.29, 0.717) is 0 Å². The molecule has 0 aromatic heterocycles. The first kappa shape index (κ1) is 11.2. The lowest BCUT2D eigenvalue weighted by atomic mass is 9.98. The van der Waals surface area contributed by atoms with Crippen molar-refractivity contribution in [2.24, 2.45) is 0 Å². The maximum atomic E-state index is 2.35. The Kier molecular flexibility index (Phi) is 3.28. The molecule has 2 aromatic rings. The fourth-order valence-corrected chi connectivity index (χ4v) is 2.28. The molecule has 0 heteroatoms. The number of rotatable bonds is 3. The van der Waals surface area contributed by atoms with Gasteiger partial charge in [-0.15, -0.1) is 0 Å². The van der Waals surface area contributed by atoms with Crippen molar-refractivity contribution in [1.82, 2.24) is 0 Å². The van der Waals surface area contributed by atoms with Gasteiger partial charge < -0.3 is 0 Å². The Labute approximate surface area is 98.3 Å². The van der Waals surface area contributed by atoms with Crippen molar-refractivity contribution in [3.63, 3.8) is 0 Å². The molecule has 0 fully saturated rings. The van der Waals surface area contributed by atoms with E-state index in [4.69, 9.17) is 0 Å². The van der Waals surface area contributed by atoms with Crippen LogP contribution in [-0.2, 0) is 6.42 Å². The lowest BCUT2D eigenvalue weighted by molar-refractivity contribution is 0.795. The molecule has 84 valence electrons. The molecular weight excluding hydrogens is 192 g/mol. The summed E-state index contributed by atoms with van der Waals surface area (Å²) in [7, 11) is 0. The van der Waals surface area contributed by atoms with Gasteiger partial charge >= 0.3 is 0 Å². The van der Waals surface area contributed by atoms with Crippen LogP contribution in [0.3, 0.4) is 0 Å². The Balaban J connectivity index is 2.47. The van der Waals surface area contributed by atoms with Gasteiger partial charge in [-0.2, -0.15) is 0 Å². The second kappa shape index (κ2) is 4.69. The summed E-state index contributed by atoms with van der Waals surface area (Å²) in [5, 5.41) is 2.79. The zero-order chi connectivity index (χ0) is 11.5. The van der Waals surface area contributed by atoms with Crippen LogP contribution in [-0.4, -0.2) is 0 Å². The van der Waals surface area contributed by atoms with Gasteiger partial charge in [-0.1, -0.05) is 49.2 Å². The molecule has 0 radical (unpaired) electrons. The van der Waals surface area contributed by atoms with Crippen LogP contribution in [0.15, 0.2) is 30.3 Å². The van der Waals surface area contributed by atoms with Crippen LogP contribution in [0.5, 0.6) is 0 Å². The number of benzene rings is 2. The van der Waals surface area contributed by atoms with Crippen molar-refractivity contribution >= 4 is 10.8 Å². The summed E-state index contributed by atoms with van der Waals surface area (Å²) in [6, 6.07) is 11.4. The number of unbranched alkanes of at least 4 members (excludes halogenated alkanes) is 1. The fourth-order valence-electron chi connectivity index (χ4n) is 2.28. The average Bonchev–Trinajstić information content (AvgIpc) is 2.25. The predicted molar refractivity (Wildman–Crippen MR) is 72.0 cm³/mol. The summed E-state index contributed by atoms with van der Waals surface area (Å²) in [4.78, 5) is 0. The highest BCUT2D eigenvalue weighted by Crippen LogP contribution is 2.22. The van der Waals surface area contributed by atoms with Crippen molar-refractivity contribution < 1.29 is 0 Å². The average molecular weight is 212 g/mol. The van der Waals surface area contributed by atoms with Crippen LogP contribution in [0.25, 0.3) is 10.8 Å². The third kappa shape index (κ3) is 2.27. The van der Waals surface area contributed by atoms with Gasteiger partial charge in [0.25, 0.3) is 0 Å². The molecule has 16 heavy (non-hydrogen) atoms. The smallest absolute Gasteiger partial charge is 0.0154 e. The first-order valence-electron chi connectivity index (χ1n) is 6.20. The Morgan fingerprint density at radius 1 is 1.00 bits per heavy atom. The van der Waals surface area contributed by atoms with Crippen LogP contribution in [0.4, 0.5) is 0 Å². The second-order valence-electron chi connectivity index (χ2n) is 4.74. The zero-order valence-electron chi connectivity index (χ0n) is 10.5. The third-order valence-corrected chi connectivity index (χ3v) is 3.19. The van der Waals surface area contributed by atoms with Gasteiger partial charge in [-0.25, -0.2) is 0 Å². The predicted octanol–water partition coefficient (Wildman–Crippen LogP) is 4.80. The zero-order valence-corrected chi connectivity index (χ0v) is 10.5. The van der Waals surface area contributed by atoms with Gasteiger partial charge in [-0.3, -0.25) is 0 Å². The lowest BCUT2D eigenvalue weighted by Gasteiger charge is -2.07. The van der Waals surface area contributed by atoms with Gasteiger partial charge in [0.05, 0.1) is 0 Å². The quantitative estimate of drug-likeness (QED) is 0.685. The molecule has 0 atom stereocenters. The van der Waals surface area contributed by atoms with E-state index in [0.717, 1.165) is 0 Å². The van der Waals surface area contributed by atoms with E-state index in [1.165, 1.54) is 46.7 Å². The molecule has 0 aliphatic rings. The van der Waals surface area contributed by atoms with Gasteiger partial charge in [-0.05, 0) is 48.6 Å². The van der Waals surface area contributed by atoms with Crippen LogP contribution < -0.4 is 0 Å². The maximum Gasteiger partial charge on any atom is -0.0154 e. The monoisotopic (exact) mass is 212 g/mol. The minimum absolute atomic E-state index is 1.21. The van der Waals surface area contributed by atoms with E-state index in [-0.39, 0.29) is 0 Å². The van der Waals surface area contributed by atoms with Crippen LogP contribution in [0.2, 0.25) is 0 Å². The molecule has 0 amide bonds. The van der Waals surface area contributed by atoms with Gasteiger partial charge in [0.1, 0.15) is 0 Å². The lowest BCUT2D eigenvalue weighted by Crippen LogP contribution is -1.88. The van der Waals surface area contributed by atoms with Crippen LogP contribution in [0, 0.1) is 13.8 Å². The summed E-state index contributed by atoms with van der Waals surface area (Å²) in [6.07, 6.45) is 3.77. The third-order valence-electron chi connectivity index (χ3n) is 3.19. The highest BCUT2D eigenvalue weighted by molar-refractivity contribution is 5.86. The first-order chi connectivity index (χ1) is 7.70. The Morgan fingerprint density at radius 2 is 1.81 bits per heavy atom. The van der Waals surface area contributed by atoms with Crippen LogP contribution in [0.1, 0.15) is 36.5 Å². The van der Waals surface area contributed by atoms with Gasteiger partial charge in [0, 0.05) is 0 Å². The molecule has 2 rings (SSSR count). The molecule has 0 unspecified atom stereocenters. The van der Waals surface area contributed by atoms with E-state index >= 15 is 0 Å². The number of fused-ring (bicyclic) bond motifs is 1. The largest absolute Gasteiger partial charge is 0.0654 e. The molecule has 0 aliphatic carbocycles. The van der Waals surface area contributed by atoms with Crippen LogP contribution >= 0.6 is 0 Å². The first-order valence-corrected chi connectivity index (χ1v) is 6.20. The number of hydrogen-bond donors (Lipinski definition) is 0. The second-order valence-corrected chi connectivity index (χ2v) is 4.74.